The maximum Gasteiger partial charge on any atom is 0.0813 e. The zero-order valence-electron chi connectivity index (χ0n) is 11.7. The van der Waals surface area contributed by atoms with Crippen LogP contribution in [0.3, 0.4) is 0 Å². The molecule has 1 heterocycles. The van der Waals surface area contributed by atoms with Crippen molar-refractivity contribution in [3.8, 4) is 0 Å². The lowest BCUT2D eigenvalue weighted by Gasteiger charge is -2.28. The van der Waals surface area contributed by atoms with Gasteiger partial charge in [0.2, 0.25) is 0 Å². The molecule has 2 unspecified atom stereocenters. The van der Waals surface area contributed by atoms with Crippen LogP contribution in [0, 0.1) is 0 Å². The molecule has 19 heavy (non-hydrogen) atoms. The second-order valence-corrected chi connectivity index (χ2v) is 6.41. The molecule has 1 fully saturated rings. The Bertz CT molecular complexity index is 396. The summed E-state index contributed by atoms with van der Waals surface area (Å²) in [5.74, 6) is 0. The third-order valence-corrected chi connectivity index (χ3v) is 4.87. The Morgan fingerprint density at radius 2 is 2.11 bits per heavy atom. The van der Waals surface area contributed by atoms with Crippen molar-refractivity contribution in [1.29, 1.82) is 0 Å². The Balaban J connectivity index is 1.89. The van der Waals surface area contributed by atoms with Gasteiger partial charge in [-0.05, 0) is 44.4 Å². The zero-order chi connectivity index (χ0) is 13.7. The highest BCUT2D eigenvalue weighted by Crippen LogP contribution is 2.26. The van der Waals surface area contributed by atoms with E-state index in [1.807, 2.05) is 24.3 Å². The largest absolute Gasteiger partial charge is 0.388 e. The molecule has 1 N–H and O–H groups in total. The Kier molecular flexibility index (Phi) is 5.86. The van der Waals surface area contributed by atoms with Gasteiger partial charge in [-0.2, -0.15) is 0 Å². The predicted octanol–water partition coefficient (Wildman–Crippen LogP) is 4.14. The highest BCUT2D eigenvalue weighted by Gasteiger charge is 2.18. The molecule has 1 saturated heterocycles. The van der Waals surface area contributed by atoms with Gasteiger partial charge in [-0.25, -0.2) is 0 Å². The van der Waals surface area contributed by atoms with E-state index in [-0.39, 0.29) is 6.10 Å². The molecule has 0 aromatic heterocycles. The standard InChI is InChI=1S/C16H24BrNO/c1-13-7-3-2-6-11-18(13)12-10-16(19)14-8-4-5-9-15(14)17/h4-5,8-9,13,16,19H,2-3,6-7,10-12H2,1H3. The molecule has 2 atom stereocenters. The smallest absolute Gasteiger partial charge is 0.0813 e. The lowest BCUT2D eigenvalue weighted by Crippen LogP contribution is -2.34. The van der Waals surface area contributed by atoms with Crippen molar-refractivity contribution in [1.82, 2.24) is 4.90 Å². The summed E-state index contributed by atoms with van der Waals surface area (Å²) in [6, 6.07) is 8.62. The number of hydrogen-bond acceptors (Lipinski definition) is 2. The molecule has 2 rings (SSSR count). The van der Waals surface area contributed by atoms with Crippen molar-refractivity contribution in [2.24, 2.45) is 0 Å². The van der Waals surface area contributed by atoms with Crippen molar-refractivity contribution >= 4 is 15.9 Å². The van der Waals surface area contributed by atoms with Crippen molar-refractivity contribution < 1.29 is 5.11 Å². The van der Waals surface area contributed by atoms with Gasteiger partial charge in [0.15, 0.2) is 0 Å². The zero-order valence-corrected chi connectivity index (χ0v) is 13.3. The monoisotopic (exact) mass is 325 g/mol. The Labute approximate surface area is 124 Å². The summed E-state index contributed by atoms with van der Waals surface area (Å²) in [5, 5.41) is 10.3. The molecular formula is C16H24BrNO. The quantitative estimate of drug-likeness (QED) is 0.899. The molecule has 2 nitrogen and oxygen atoms in total. The first kappa shape index (κ1) is 15.0. The Morgan fingerprint density at radius 1 is 1.32 bits per heavy atom. The summed E-state index contributed by atoms with van der Waals surface area (Å²) in [5.41, 5.74) is 1.00. The van der Waals surface area contributed by atoms with E-state index in [1.54, 1.807) is 0 Å². The molecule has 0 amide bonds. The maximum atomic E-state index is 10.3. The topological polar surface area (TPSA) is 23.5 Å². The van der Waals surface area contributed by atoms with E-state index >= 15 is 0 Å². The predicted molar refractivity (Wildman–Crippen MR) is 83.2 cm³/mol. The molecule has 0 radical (unpaired) electrons. The highest BCUT2D eigenvalue weighted by atomic mass is 79.9. The van der Waals surface area contributed by atoms with E-state index < -0.39 is 0 Å². The van der Waals surface area contributed by atoms with Gasteiger partial charge in [0.25, 0.3) is 0 Å². The number of hydrogen-bond donors (Lipinski definition) is 1. The molecule has 0 bridgehead atoms. The van der Waals surface area contributed by atoms with E-state index in [2.05, 4.69) is 27.8 Å². The lowest BCUT2D eigenvalue weighted by atomic mass is 10.1. The van der Waals surface area contributed by atoms with Crippen LogP contribution in [0.15, 0.2) is 28.7 Å². The molecule has 1 aliphatic rings. The number of halogens is 1. The second-order valence-electron chi connectivity index (χ2n) is 5.56. The molecule has 1 aromatic rings. The van der Waals surface area contributed by atoms with Gasteiger partial charge in [-0.1, -0.05) is 47.0 Å². The molecule has 0 saturated carbocycles. The fraction of sp³-hybridized carbons (Fsp3) is 0.625. The first-order chi connectivity index (χ1) is 9.18. The fourth-order valence-electron chi connectivity index (χ4n) is 2.86. The number of benzene rings is 1. The van der Waals surface area contributed by atoms with Crippen LogP contribution in [0.4, 0.5) is 0 Å². The number of aliphatic hydroxyl groups excluding tert-OH is 1. The highest BCUT2D eigenvalue weighted by molar-refractivity contribution is 9.10. The van der Waals surface area contributed by atoms with Crippen molar-refractivity contribution in [3.63, 3.8) is 0 Å². The van der Waals surface area contributed by atoms with Crippen molar-refractivity contribution in [2.45, 2.75) is 51.2 Å². The molecular weight excluding hydrogens is 302 g/mol. The second kappa shape index (κ2) is 7.41. The van der Waals surface area contributed by atoms with Gasteiger partial charge in [-0.15, -0.1) is 0 Å². The Hall–Kier alpha value is -0.380. The SMILES string of the molecule is CC1CCCCCN1CCC(O)c1ccccc1Br. The summed E-state index contributed by atoms with van der Waals surface area (Å²) in [6.45, 7) is 4.49. The van der Waals surface area contributed by atoms with Crippen LogP contribution < -0.4 is 0 Å². The third kappa shape index (κ3) is 4.30. The van der Waals surface area contributed by atoms with Gasteiger partial charge in [0.05, 0.1) is 6.10 Å². The minimum absolute atomic E-state index is 0.369. The van der Waals surface area contributed by atoms with Crippen molar-refractivity contribution in [2.75, 3.05) is 13.1 Å². The van der Waals surface area contributed by atoms with Crippen LogP contribution in [0.1, 0.15) is 50.7 Å². The maximum absolute atomic E-state index is 10.3. The molecule has 106 valence electrons. The van der Waals surface area contributed by atoms with Gasteiger partial charge in [0, 0.05) is 17.1 Å². The van der Waals surface area contributed by atoms with Gasteiger partial charge >= 0.3 is 0 Å². The molecule has 0 aliphatic carbocycles. The minimum atomic E-state index is -0.369. The minimum Gasteiger partial charge on any atom is -0.388 e. The van der Waals surface area contributed by atoms with Crippen LogP contribution in [0.2, 0.25) is 0 Å². The molecule has 1 aromatic carbocycles. The lowest BCUT2D eigenvalue weighted by molar-refractivity contribution is 0.127. The Morgan fingerprint density at radius 3 is 2.89 bits per heavy atom. The first-order valence-corrected chi connectivity index (χ1v) is 8.14. The molecule has 3 heteroatoms. The van der Waals surface area contributed by atoms with Gasteiger partial charge in [-0.3, -0.25) is 0 Å². The normalized spacial score (nSPS) is 23.0. The first-order valence-electron chi connectivity index (χ1n) is 7.35. The van der Waals surface area contributed by atoms with E-state index in [0.29, 0.717) is 6.04 Å². The van der Waals surface area contributed by atoms with Crippen LogP contribution in [-0.2, 0) is 0 Å². The van der Waals surface area contributed by atoms with Crippen LogP contribution in [0.5, 0.6) is 0 Å². The van der Waals surface area contributed by atoms with E-state index in [4.69, 9.17) is 0 Å². The number of likely N-dealkylation sites (tertiary alicyclic amines) is 1. The average molecular weight is 326 g/mol. The molecule has 0 spiro atoms. The summed E-state index contributed by atoms with van der Waals surface area (Å²) in [7, 11) is 0. The summed E-state index contributed by atoms with van der Waals surface area (Å²) < 4.78 is 1.01. The summed E-state index contributed by atoms with van der Waals surface area (Å²) >= 11 is 3.51. The number of rotatable bonds is 4. The van der Waals surface area contributed by atoms with Crippen LogP contribution in [-0.4, -0.2) is 29.1 Å². The summed E-state index contributed by atoms with van der Waals surface area (Å²) in [4.78, 5) is 2.53. The van der Waals surface area contributed by atoms with Crippen LogP contribution in [0.25, 0.3) is 0 Å². The van der Waals surface area contributed by atoms with E-state index in [0.717, 1.165) is 23.0 Å². The van der Waals surface area contributed by atoms with Gasteiger partial charge in [0.1, 0.15) is 0 Å². The van der Waals surface area contributed by atoms with Crippen molar-refractivity contribution in [3.05, 3.63) is 34.3 Å². The third-order valence-electron chi connectivity index (χ3n) is 4.14. The number of aliphatic hydroxyl groups is 1. The van der Waals surface area contributed by atoms with E-state index in [9.17, 15) is 5.11 Å². The van der Waals surface area contributed by atoms with Gasteiger partial charge < -0.3 is 10.0 Å². The fourth-order valence-corrected chi connectivity index (χ4v) is 3.40. The van der Waals surface area contributed by atoms with Crippen LogP contribution >= 0.6 is 15.9 Å². The average Bonchev–Trinajstić information content (AvgIpc) is 2.61. The molecule has 1 aliphatic heterocycles. The number of nitrogens with zero attached hydrogens (tertiary/aromatic N) is 1. The van der Waals surface area contributed by atoms with E-state index in [1.165, 1.54) is 32.2 Å². The summed E-state index contributed by atoms with van der Waals surface area (Å²) in [6.07, 6.45) is 5.75.